The molecule has 0 spiro atoms. The van der Waals surface area contributed by atoms with E-state index in [1.165, 1.54) is 36.7 Å². The Hall–Kier alpha value is -2.74. The molecular formula is C16H11F2NO4S. The van der Waals surface area contributed by atoms with E-state index in [2.05, 4.69) is 9.73 Å². The van der Waals surface area contributed by atoms with Crippen LogP contribution in [0.1, 0.15) is 10.4 Å². The number of aliphatic imine (C=N–C) groups is 1. The van der Waals surface area contributed by atoms with Crippen molar-refractivity contribution < 1.29 is 27.8 Å². The van der Waals surface area contributed by atoms with Gasteiger partial charge in [-0.25, -0.2) is 9.79 Å². The van der Waals surface area contributed by atoms with Crippen LogP contribution in [-0.2, 0) is 9.53 Å². The van der Waals surface area contributed by atoms with Gasteiger partial charge in [0, 0.05) is 5.56 Å². The number of methoxy groups -OCH3 is 1. The van der Waals surface area contributed by atoms with E-state index in [1.54, 1.807) is 18.2 Å². The Morgan fingerprint density at radius 1 is 1.29 bits per heavy atom. The molecule has 2 heterocycles. The lowest BCUT2D eigenvalue weighted by Gasteiger charge is -2.12. The molecule has 1 aromatic carbocycles. The van der Waals surface area contributed by atoms with Gasteiger partial charge in [0.15, 0.2) is 17.2 Å². The van der Waals surface area contributed by atoms with Gasteiger partial charge >= 0.3 is 12.6 Å². The minimum Gasteiger partial charge on any atom is -0.493 e. The van der Waals surface area contributed by atoms with Gasteiger partial charge in [-0.3, -0.25) is 0 Å². The summed E-state index contributed by atoms with van der Waals surface area (Å²) < 4.78 is 39.9. The SMILES string of the molecule is COc1cccc(/C=C2\N=C(c3cccs3)OC2=O)c1OC(F)F. The van der Waals surface area contributed by atoms with E-state index in [1.807, 2.05) is 5.38 Å². The molecule has 0 fully saturated rings. The molecule has 2 aromatic rings. The molecule has 0 aliphatic carbocycles. The maximum absolute atomic E-state index is 12.6. The fourth-order valence-corrected chi connectivity index (χ4v) is 2.73. The average molecular weight is 351 g/mol. The van der Waals surface area contributed by atoms with Gasteiger partial charge in [-0.1, -0.05) is 18.2 Å². The summed E-state index contributed by atoms with van der Waals surface area (Å²) in [5.74, 6) is -0.529. The Balaban J connectivity index is 2.00. The molecule has 1 aliphatic heterocycles. The van der Waals surface area contributed by atoms with E-state index in [0.29, 0.717) is 4.88 Å². The molecule has 0 radical (unpaired) electrons. The highest BCUT2D eigenvalue weighted by molar-refractivity contribution is 7.12. The van der Waals surface area contributed by atoms with Crippen molar-refractivity contribution in [2.24, 2.45) is 4.99 Å². The van der Waals surface area contributed by atoms with Crippen LogP contribution in [0.3, 0.4) is 0 Å². The predicted octanol–water partition coefficient (Wildman–Crippen LogP) is 3.70. The third-order valence-electron chi connectivity index (χ3n) is 3.08. The van der Waals surface area contributed by atoms with Crippen molar-refractivity contribution in [3.8, 4) is 11.5 Å². The highest BCUT2D eigenvalue weighted by Crippen LogP contribution is 2.34. The number of hydrogen-bond acceptors (Lipinski definition) is 6. The van der Waals surface area contributed by atoms with Crippen LogP contribution in [0, 0.1) is 0 Å². The van der Waals surface area contributed by atoms with Crippen molar-refractivity contribution in [1.29, 1.82) is 0 Å². The first-order valence-electron chi connectivity index (χ1n) is 6.76. The first-order valence-corrected chi connectivity index (χ1v) is 7.64. The fourth-order valence-electron chi connectivity index (χ4n) is 2.08. The van der Waals surface area contributed by atoms with Crippen molar-refractivity contribution in [3.63, 3.8) is 0 Å². The molecule has 124 valence electrons. The first kappa shape index (κ1) is 16.1. The van der Waals surface area contributed by atoms with Gasteiger partial charge in [-0.2, -0.15) is 8.78 Å². The number of para-hydroxylation sites is 1. The number of carbonyl (C=O) groups excluding carboxylic acids is 1. The summed E-state index contributed by atoms with van der Waals surface area (Å²) in [7, 11) is 1.33. The highest BCUT2D eigenvalue weighted by atomic mass is 32.1. The monoisotopic (exact) mass is 351 g/mol. The van der Waals surface area contributed by atoms with Gasteiger partial charge in [0.2, 0.25) is 5.90 Å². The zero-order chi connectivity index (χ0) is 17.1. The molecule has 8 heteroatoms. The molecule has 1 aliphatic rings. The van der Waals surface area contributed by atoms with Crippen molar-refractivity contribution in [1.82, 2.24) is 0 Å². The van der Waals surface area contributed by atoms with Crippen LogP contribution in [0.15, 0.2) is 46.4 Å². The molecular weight excluding hydrogens is 340 g/mol. The maximum atomic E-state index is 12.6. The van der Waals surface area contributed by atoms with Crippen LogP contribution in [0.4, 0.5) is 8.78 Å². The lowest BCUT2D eigenvalue weighted by atomic mass is 10.1. The van der Waals surface area contributed by atoms with E-state index >= 15 is 0 Å². The summed E-state index contributed by atoms with van der Waals surface area (Å²) in [5.41, 5.74) is 0.226. The number of esters is 1. The second-order valence-corrected chi connectivity index (χ2v) is 5.52. The van der Waals surface area contributed by atoms with Gasteiger partial charge < -0.3 is 14.2 Å². The van der Waals surface area contributed by atoms with Gasteiger partial charge in [-0.05, 0) is 23.6 Å². The molecule has 0 N–H and O–H groups in total. The number of alkyl halides is 2. The van der Waals surface area contributed by atoms with Gasteiger partial charge in [-0.15, -0.1) is 11.3 Å². The fraction of sp³-hybridized carbons (Fsp3) is 0.125. The van der Waals surface area contributed by atoms with Crippen molar-refractivity contribution in [2.75, 3.05) is 7.11 Å². The van der Waals surface area contributed by atoms with Gasteiger partial charge in [0.1, 0.15) is 0 Å². The smallest absolute Gasteiger partial charge is 0.387 e. The zero-order valence-corrected chi connectivity index (χ0v) is 13.2. The Kier molecular flexibility index (Phi) is 4.57. The first-order chi connectivity index (χ1) is 11.6. The second kappa shape index (κ2) is 6.79. The van der Waals surface area contributed by atoms with Crippen LogP contribution in [0.2, 0.25) is 0 Å². The Bertz CT molecular complexity index is 815. The Morgan fingerprint density at radius 3 is 2.79 bits per heavy atom. The molecule has 0 amide bonds. The quantitative estimate of drug-likeness (QED) is 0.609. The van der Waals surface area contributed by atoms with Gasteiger partial charge in [0.05, 0.1) is 12.0 Å². The molecule has 0 bridgehead atoms. The minimum atomic E-state index is -3.03. The van der Waals surface area contributed by atoms with Crippen molar-refractivity contribution >= 4 is 29.3 Å². The summed E-state index contributed by atoms with van der Waals surface area (Å²) >= 11 is 1.37. The average Bonchev–Trinajstić information content (AvgIpc) is 3.19. The molecule has 0 atom stereocenters. The van der Waals surface area contributed by atoms with Crippen molar-refractivity contribution in [3.05, 3.63) is 51.8 Å². The summed E-state index contributed by atoms with van der Waals surface area (Å²) in [6.45, 7) is -3.03. The summed E-state index contributed by atoms with van der Waals surface area (Å²) in [6.07, 6.45) is 1.32. The summed E-state index contributed by atoms with van der Waals surface area (Å²) in [6, 6.07) is 8.14. The maximum Gasteiger partial charge on any atom is 0.387 e. The van der Waals surface area contributed by atoms with E-state index in [-0.39, 0.29) is 28.7 Å². The van der Waals surface area contributed by atoms with E-state index in [4.69, 9.17) is 9.47 Å². The Morgan fingerprint density at radius 2 is 2.12 bits per heavy atom. The van der Waals surface area contributed by atoms with Crippen molar-refractivity contribution in [2.45, 2.75) is 6.61 Å². The van der Waals surface area contributed by atoms with Crippen LogP contribution in [-0.4, -0.2) is 25.6 Å². The van der Waals surface area contributed by atoms with Crippen LogP contribution in [0.25, 0.3) is 6.08 Å². The number of thiophene rings is 1. The minimum absolute atomic E-state index is 0.00855. The molecule has 3 rings (SSSR count). The molecule has 0 saturated carbocycles. The zero-order valence-electron chi connectivity index (χ0n) is 12.4. The largest absolute Gasteiger partial charge is 0.493 e. The number of ether oxygens (including phenoxy) is 3. The van der Waals surface area contributed by atoms with Crippen LogP contribution < -0.4 is 9.47 Å². The lowest BCUT2D eigenvalue weighted by Crippen LogP contribution is -2.06. The van der Waals surface area contributed by atoms with Crippen LogP contribution in [0.5, 0.6) is 11.5 Å². The van der Waals surface area contributed by atoms with Gasteiger partial charge in [0.25, 0.3) is 0 Å². The summed E-state index contributed by atoms with van der Waals surface area (Å²) in [4.78, 5) is 16.8. The molecule has 5 nitrogen and oxygen atoms in total. The number of cyclic esters (lactones) is 1. The number of nitrogens with zero attached hydrogens (tertiary/aromatic N) is 1. The van der Waals surface area contributed by atoms with E-state index < -0.39 is 12.6 Å². The third kappa shape index (κ3) is 3.28. The molecule has 0 unspecified atom stereocenters. The van der Waals surface area contributed by atoms with Crippen LogP contribution >= 0.6 is 11.3 Å². The van der Waals surface area contributed by atoms with E-state index in [9.17, 15) is 13.6 Å². The number of halogens is 2. The number of carbonyl (C=O) groups is 1. The normalized spacial score (nSPS) is 15.6. The number of hydrogen-bond donors (Lipinski definition) is 0. The highest BCUT2D eigenvalue weighted by Gasteiger charge is 2.25. The second-order valence-electron chi connectivity index (χ2n) is 4.57. The number of rotatable bonds is 5. The topological polar surface area (TPSA) is 57.1 Å². The molecule has 0 saturated heterocycles. The molecule has 24 heavy (non-hydrogen) atoms. The third-order valence-corrected chi connectivity index (χ3v) is 3.94. The Labute approximate surface area is 139 Å². The lowest BCUT2D eigenvalue weighted by molar-refractivity contribution is -0.129. The molecule has 1 aromatic heterocycles. The predicted molar refractivity (Wildman–Crippen MR) is 84.6 cm³/mol. The summed E-state index contributed by atoms with van der Waals surface area (Å²) in [5, 5.41) is 1.82. The van der Waals surface area contributed by atoms with E-state index in [0.717, 1.165) is 0 Å². The number of benzene rings is 1. The standard InChI is InChI=1S/C16H11F2NO4S/c1-21-11-5-2-4-9(13(11)22-16(17)18)8-10-15(20)23-14(19-10)12-6-3-7-24-12/h2-8,16H,1H3/b10-8-.